The first kappa shape index (κ1) is 17.5. The maximum Gasteiger partial charge on any atom is 0.258 e. The molecule has 0 unspecified atom stereocenters. The molecule has 2 aromatic carbocycles. The van der Waals surface area contributed by atoms with Gasteiger partial charge in [-0.15, -0.1) is 10.2 Å². The zero-order valence-electron chi connectivity index (χ0n) is 14.5. The predicted molar refractivity (Wildman–Crippen MR) is 108 cm³/mol. The quantitative estimate of drug-likeness (QED) is 0.564. The first-order valence-corrected chi connectivity index (χ1v) is 9.22. The van der Waals surface area contributed by atoms with Crippen molar-refractivity contribution < 1.29 is 4.79 Å². The first-order chi connectivity index (χ1) is 13.8. The zero-order chi connectivity index (χ0) is 19.3. The largest absolute Gasteiger partial charge is 0.296 e. The Morgan fingerprint density at radius 2 is 1.68 bits per heavy atom. The molecule has 1 amide bonds. The fourth-order valence-corrected chi connectivity index (χ4v) is 3.48. The number of pyridine rings is 1. The summed E-state index contributed by atoms with van der Waals surface area (Å²) in [5, 5.41) is 21.3. The van der Waals surface area contributed by atoms with Crippen molar-refractivity contribution in [3.63, 3.8) is 0 Å². The Morgan fingerprint density at radius 1 is 0.929 bits per heavy atom. The molecule has 0 saturated heterocycles. The minimum Gasteiger partial charge on any atom is -0.296 e. The van der Waals surface area contributed by atoms with Crippen molar-refractivity contribution in [1.29, 1.82) is 5.26 Å². The van der Waals surface area contributed by atoms with Crippen LogP contribution in [-0.4, -0.2) is 21.1 Å². The molecular formula is C21H13N5OS. The normalized spacial score (nSPS) is 10.2. The van der Waals surface area contributed by atoms with Gasteiger partial charge in [-0.25, -0.2) is 0 Å². The summed E-state index contributed by atoms with van der Waals surface area (Å²) in [6.45, 7) is 0. The van der Waals surface area contributed by atoms with Crippen LogP contribution in [0.4, 0.5) is 5.13 Å². The molecule has 0 aliphatic carbocycles. The lowest BCUT2D eigenvalue weighted by Crippen LogP contribution is -2.13. The highest BCUT2D eigenvalue weighted by molar-refractivity contribution is 7.18. The van der Waals surface area contributed by atoms with Gasteiger partial charge in [0.2, 0.25) is 5.13 Å². The van der Waals surface area contributed by atoms with Crippen molar-refractivity contribution in [2.24, 2.45) is 0 Å². The lowest BCUT2D eigenvalue weighted by Gasteiger charge is -2.10. The summed E-state index contributed by atoms with van der Waals surface area (Å²) in [6.07, 6.45) is 1.68. The molecule has 2 aromatic heterocycles. The van der Waals surface area contributed by atoms with E-state index in [1.54, 1.807) is 30.5 Å². The molecule has 0 aliphatic heterocycles. The number of rotatable bonds is 4. The van der Waals surface area contributed by atoms with E-state index in [1.165, 1.54) is 11.3 Å². The number of hydrogen-bond acceptors (Lipinski definition) is 6. The Bertz CT molecular complexity index is 1180. The van der Waals surface area contributed by atoms with E-state index in [2.05, 4.69) is 26.6 Å². The fraction of sp³-hybridized carbons (Fsp3) is 0. The molecule has 0 aliphatic rings. The molecule has 4 rings (SSSR count). The van der Waals surface area contributed by atoms with Crippen LogP contribution in [0.2, 0.25) is 0 Å². The molecule has 4 aromatic rings. The van der Waals surface area contributed by atoms with Gasteiger partial charge in [-0.05, 0) is 29.8 Å². The summed E-state index contributed by atoms with van der Waals surface area (Å²) < 4.78 is 0. The van der Waals surface area contributed by atoms with Gasteiger partial charge in [-0.3, -0.25) is 15.1 Å². The second-order valence-corrected chi connectivity index (χ2v) is 6.76. The lowest BCUT2D eigenvalue weighted by atomic mass is 9.95. The van der Waals surface area contributed by atoms with Gasteiger partial charge in [0.25, 0.3) is 5.91 Å². The molecule has 0 bridgehead atoms. The van der Waals surface area contributed by atoms with E-state index in [-0.39, 0.29) is 5.91 Å². The van der Waals surface area contributed by atoms with E-state index < -0.39 is 0 Å². The van der Waals surface area contributed by atoms with Crippen LogP contribution in [0.3, 0.4) is 0 Å². The number of anilines is 1. The number of aromatic nitrogens is 3. The molecule has 0 radical (unpaired) electrons. The second-order valence-electron chi connectivity index (χ2n) is 5.78. The first-order valence-electron chi connectivity index (χ1n) is 8.41. The summed E-state index contributed by atoms with van der Waals surface area (Å²) in [7, 11) is 0. The van der Waals surface area contributed by atoms with Gasteiger partial charge in [0.1, 0.15) is 5.69 Å². The monoisotopic (exact) mass is 383 g/mol. The predicted octanol–water partition coefficient (Wildman–Crippen LogP) is 4.39. The van der Waals surface area contributed by atoms with E-state index >= 15 is 0 Å². The Hall–Kier alpha value is -3.89. The van der Waals surface area contributed by atoms with Crippen LogP contribution in [0, 0.1) is 11.3 Å². The number of nitriles is 1. The number of carbonyl (C=O) groups excluding carboxylic acids is 1. The molecule has 0 atom stereocenters. The number of hydrogen-bond donors (Lipinski definition) is 1. The van der Waals surface area contributed by atoms with E-state index in [0.717, 1.165) is 0 Å². The number of benzene rings is 2. The smallest absolute Gasteiger partial charge is 0.258 e. The van der Waals surface area contributed by atoms with Gasteiger partial charge in [0, 0.05) is 17.3 Å². The number of amides is 1. The maximum absolute atomic E-state index is 12.9. The van der Waals surface area contributed by atoms with Gasteiger partial charge >= 0.3 is 0 Å². The molecule has 1 N–H and O–H groups in total. The standard InChI is InChI=1S/C21H13N5OS/c22-13-14-7-1-2-8-15(14)16-9-3-4-10-17(16)19(27)24-21-26-25-20(28-21)18-11-5-6-12-23-18/h1-12H,(H,24,26,27). The fourth-order valence-electron chi connectivity index (χ4n) is 2.76. The number of nitrogens with one attached hydrogen (secondary N) is 1. The number of nitrogens with zero attached hydrogens (tertiary/aromatic N) is 4. The van der Waals surface area contributed by atoms with Crippen LogP contribution in [-0.2, 0) is 0 Å². The molecule has 134 valence electrons. The summed E-state index contributed by atoms with van der Waals surface area (Å²) in [6, 6.07) is 22.1. The van der Waals surface area contributed by atoms with E-state index in [0.29, 0.717) is 38.1 Å². The van der Waals surface area contributed by atoms with Crippen molar-refractivity contribution in [3.8, 4) is 27.9 Å². The summed E-state index contributed by atoms with van der Waals surface area (Å²) in [5.41, 5.74) is 3.06. The van der Waals surface area contributed by atoms with Crippen LogP contribution < -0.4 is 5.32 Å². The minimum absolute atomic E-state index is 0.313. The summed E-state index contributed by atoms with van der Waals surface area (Å²) >= 11 is 1.25. The molecule has 28 heavy (non-hydrogen) atoms. The van der Waals surface area contributed by atoms with Crippen LogP contribution in [0.15, 0.2) is 72.9 Å². The second kappa shape index (κ2) is 7.78. The van der Waals surface area contributed by atoms with Crippen molar-refractivity contribution >= 4 is 22.4 Å². The summed E-state index contributed by atoms with van der Waals surface area (Å²) in [5.74, 6) is -0.313. The number of carbonyl (C=O) groups is 1. The highest BCUT2D eigenvalue weighted by Crippen LogP contribution is 2.29. The van der Waals surface area contributed by atoms with Crippen LogP contribution in [0.25, 0.3) is 21.8 Å². The zero-order valence-corrected chi connectivity index (χ0v) is 15.4. The highest BCUT2D eigenvalue weighted by Gasteiger charge is 2.17. The van der Waals surface area contributed by atoms with Crippen molar-refractivity contribution in [1.82, 2.24) is 15.2 Å². The molecular weight excluding hydrogens is 370 g/mol. The third-order valence-electron chi connectivity index (χ3n) is 4.04. The Labute approximate surface area is 165 Å². The maximum atomic E-state index is 12.9. The molecule has 0 saturated carbocycles. The third-order valence-corrected chi connectivity index (χ3v) is 4.90. The lowest BCUT2D eigenvalue weighted by molar-refractivity contribution is 0.102. The minimum atomic E-state index is -0.313. The van der Waals surface area contributed by atoms with Crippen LogP contribution in [0.1, 0.15) is 15.9 Å². The molecule has 0 fully saturated rings. The Kier molecular flexibility index (Phi) is 4.87. The molecule has 0 spiro atoms. The highest BCUT2D eigenvalue weighted by atomic mass is 32.1. The molecule has 2 heterocycles. The third kappa shape index (κ3) is 3.49. The van der Waals surface area contributed by atoms with Crippen molar-refractivity contribution in [2.75, 3.05) is 5.32 Å². The van der Waals surface area contributed by atoms with Crippen molar-refractivity contribution in [3.05, 3.63) is 84.1 Å². The molecule has 6 nitrogen and oxygen atoms in total. The van der Waals surface area contributed by atoms with Crippen LogP contribution >= 0.6 is 11.3 Å². The van der Waals surface area contributed by atoms with Gasteiger partial charge in [-0.1, -0.05) is 53.8 Å². The topological polar surface area (TPSA) is 91.6 Å². The van der Waals surface area contributed by atoms with E-state index in [1.807, 2.05) is 42.5 Å². The van der Waals surface area contributed by atoms with E-state index in [9.17, 15) is 10.1 Å². The van der Waals surface area contributed by atoms with Gasteiger partial charge < -0.3 is 0 Å². The SMILES string of the molecule is N#Cc1ccccc1-c1ccccc1C(=O)Nc1nnc(-c2ccccn2)s1. The van der Waals surface area contributed by atoms with Crippen molar-refractivity contribution in [2.45, 2.75) is 0 Å². The van der Waals surface area contributed by atoms with Crippen LogP contribution in [0.5, 0.6) is 0 Å². The Balaban J connectivity index is 1.64. The summed E-state index contributed by atoms with van der Waals surface area (Å²) in [4.78, 5) is 17.1. The average Bonchev–Trinajstić information content (AvgIpc) is 3.23. The average molecular weight is 383 g/mol. The van der Waals surface area contributed by atoms with Gasteiger partial charge in [0.15, 0.2) is 5.01 Å². The van der Waals surface area contributed by atoms with Gasteiger partial charge in [-0.2, -0.15) is 5.26 Å². The van der Waals surface area contributed by atoms with E-state index in [4.69, 9.17) is 0 Å². The molecule has 7 heteroatoms. The van der Waals surface area contributed by atoms with Gasteiger partial charge in [0.05, 0.1) is 11.6 Å². The Morgan fingerprint density at radius 3 is 2.46 bits per heavy atom.